The van der Waals surface area contributed by atoms with Crippen molar-refractivity contribution in [3.63, 3.8) is 0 Å². The lowest BCUT2D eigenvalue weighted by Gasteiger charge is -2.34. The minimum Gasteiger partial charge on any atom is -0.443 e. The Bertz CT molecular complexity index is 779. The van der Waals surface area contributed by atoms with Crippen molar-refractivity contribution < 1.29 is 17.9 Å². The van der Waals surface area contributed by atoms with E-state index in [1.807, 2.05) is 26.8 Å². The Labute approximate surface area is 149 Å². The number of nitrogens with one attached hydrogen (secondary N) is 1. The summed E-state index contributed by atoms with van der Waals surface area (Å²) in [7, 11) is -2.18. The third-order valence-electron chi connectivity index (χ3n) is 3.82. The van der Waals surface area contributed by atoms with Crippen molar-refractivity contribution in [3.8, 4) is 0 Å². The van der Waals surface area contributed by atoms with Crippen molar-refractivity contribution in [1.29, 1.82) is 0 Å². The normalized spacial score (nSPS) is 18.7. The highest BCUT2D eigenvalue weighted by atomic mass is 32.2. The van der Waals surface area contributed by atoms with Gasteiger partial charge in [-0.25, -0.2) is 17.9 Å². The van der Waals surface area contributed by atoms with Gasteiger partial charge in [-0.05, 0) is 57.9 Å². The third-order valence-corrected chi connectivity index (χ3v) is 5.23. The lowest BCUT2D eigenvalue weighted by atomic mass is 9.98. The maximum Gasteiger partial charge on any atom is 0.414 e. The van der Waals surface area contributed by atoms with Crippen LogP contribution < -0.4 is 4.72 Å². The topological polar surface area (TPSA) is 75.7 Å². The number of amides is 1. The van der Waals surface area contributed by atoms with Gasteiger partial charge in [0.2, 0.25) is 10.0 Å². The van der Waals surface area contributed by atoms with E-state index in [4.69, 9.17) is 4.74 Å². The zero-order valence-electron chi connectivity index (χ0n) is 15.4. The Kier molecular flexibility index (Phi) is 5.58. The number of rotatable bonds is 3. The number of sulfonamides is 1. The van der Waals surface area contributed by atoms with Gasteiger partial charge in [0.25, 0.3) is 0 Å². The van der Waals surface area contributed by atoms with Crippen LogP contribution in [0.3, 0.4) is 0 Å². The maximum absolute atomic E-state index is 12.6. The van der Waals surface area contributed by atoms with Crippen LogP contribution in [0.2, 0.25) is 0 Å². The summed E-state index contributed by atoms with van der Waals surface area (Å²) in [6, 6.07) is 6.57. The van der Waals surface area contributed by atoms with Crippen LogP contribution in [-0.2, 0) is 14.8 Å². The molecular formula is C18H26N2O4S. The molecule has 1 aliphatic heterocycles. The number of hydrogen-bond acceptors (Lipinski definition) is 4. The lowest BCUT2D eigenvalue weighted by Crippen LogP contribution is -2.39. The van der Waals surface area contributed by atoms with Crippen molar-refractivity contribution in [3.05, 3.63) is 35.9 Å². The fraction of sp³-hybridized carbons (Fsp3) is 0.500. The highest BCUT2D eigenvalue weighted by Crippen LogP contribution is 2.30. The summed E-state index contributed by atoms with van der Waals surface area (Å²) in [4.78, 5) is 14.4. The minimum atomic E-state index is -3.55. The van der Waals surface area contributed by atoms with E-state index in [9.17, 15) is 13.2 Å². The molecule has 1 N–H and O–H groups in total. The molecule has 0 radical (unpaired) electrons. The van der Waals surface area contributed by atoms with Gasteiger partial charge in [0.15, 0.2) is 0 Å². The van der Waals surface area contributed by atoms with E-state index in [1.54, 1.807) is 23.1 Å². The van der Waals surface area contributed by atoms with Gasteiger partial charge < -0.3 is 4.74 Å². The van der Waals surface area contributed by atoms with E-state index in [1.165, 1.54) is 13.1 Å². The molecule has 1 aromatic rings. The summed E-state index contributed by atoms with van der Waals surface area (Å²) in [6.07, 6.45) is 2.35. The molecule has 0 aliphatic carbocycles. The number of carbonyl (C=O) groups excluding carboxylic acids is 1. The molecule has 1 heterocycles. The second kappa shape index (κ2) is 7.17. The van der Waals surface area contributed by atoms with Crippen molar-refractivity contribution in [2.24, 2.45) is 5.92 Å². The van der Waals surface area contributed by atoms with Gasteiger partial charge in [-0.2, -0.15) is 0 Å². The molecule has 0 fully saturated rings. The van der Waals surface area contributed by atoms with Gasteiger partial charge in [-0.1, -0.05) is 25.1 Å². The Morgan fingerprint density at radius 1 is 1.32 bits per heavy atom. The first-order chi connectivity index (χ1) is 11.5. The van der Waals surface area contributed by atoms with E-state index in [2.05, 4.69) is 11.6 Å². The predicted molar refractivity (Wildman–Crippen MR) is 97.4 cm³/mol. The lowest BCUT2D eigenvalue weighted by molar-refractivity contribution is 0.0327. The number of carbonyl (C=O) groups is 1. The number of ether oxygens (including phenoxy) is 1. The minimum absolute atomic E-state index is 0.163. The molecule has 0 bridgehead atoms. The van der Waals surface area contributed by atoms with Crippen molar-refractivity contribution in [2.45, 2.75) is 44.6 Å². The first-order valence-corrected chi connectivity index (χ1v) is 9.76. The fourth-order valence-corrected chi connectivity index (χ4v) is 3.39. The van der Waals surface area contributed by atoms with E-state index < -0.39 is 21.7 Å². The maximum atomic E-state index is 12.6. The van der Waals surface area contributed by atoms with Crippen LogP contribution in [0.1, 0.15) is 39.7 Å². The highest BCUT2D eigenvalue weighted by molar-refractivity contribution is 7.89. The molecule has 1 aromatic carbocycles. The Morgan fingerprint density at radius 3 is 2.60 bits per heavy atom. The van der Waals surface area contributed by atoms with Gasteiger partial charge in [-0.15, -0.1) is 0 Å². The quantitative estimate of drug-likeness (QED) is 0.891. The van der Waals surface area contributed by atoms with Crippen molar-refractivity contribution in [1.82, 2.24) is 9.62 Å². The van der Waals surface area contributed by atoms with Crippen LogP contribution in [0, 0.1) is 5.92 Å². The molecule has 0 saturated heterocycles. The van der Waals surface area contributed by atoms with Crippen molar-refractivity contribution >= 4 is 21.8 Å². The number of hydrogen-bond donors (Lipinski definition) is 1. The highest BCUT2D eigenvalue weighted by Gasteiger charge is 2.29. The molecule has 0 saturated carbocycles. The molecule has 1 amide bonds. The Hall–Kier alpha value is -1.86. The molecule has 7 heteroatoms. The van der Waals surface area contributed by atoms with Crippen LogP contribution in [0.5, 0.6) is 0 Å². The number of nitrogens with zero attached hydrogens (tertiary/aromatic N) is 1. The summed E-state index contributed by atoms with van der Waals surface area (Å²) >= 11 is 0. The summed E-state index contributed by atoms with van der Waals surface area (Å²) < 4.78 is 31.9. The van der Waals surface area contributed by atoms with E-state index in [0.717, 1.165) is 6.42 Å². The van der Waals surface area contributed by atoms with Crippen LogP contribution in [0.15, 0.2) is 35.2 Å². The second-order valence-electron chi connectivity index (χ2n) is 7.26. The molecule has 1 atom stereocenters. The van der Waals surface area contributed by atoms with Crippen LogP contribution in [0.25, 0.3) is 5.70 Å². The van der Waals surface area contributed by atoms with Crippen LogP contribution in [0.4, 0.5) is 4.79 Å². The average Bonchev–Trinajstić information content (AvgIpc) is 2.53. The molecule has 0 spiro atoms. The molecule has 6 nitrogen and oxygen atoms in total. The SMILES string of the molecule is CNS(=O)(=O)c1cccc(C2=CCC(C)CN2C(=O)OC(C)(C)C)c1. The molecule has 1 aliphatic rings. The summed E-state index contributed by atoms with van der Waals surface area (Å²) in [5, 5.41) is 0. The van der Waals surface area contributed by atoms with Crippen molar-refractivity contribution in [2.75, 3.05) is 13.6 Å². The molecule has 1 unspecified atom stereocenters. The monoisotopic (exact) mass is 366 g/mol. The van der Waals surface area contributed by atoms with Crippen LogP contribution in [-0.4, -0.2) is 38.6 Å². The van der Waals surface area contributed by atoms with Gasteiger partial charge in [0.05, 0.1) is 10.6 Å². The molecule has 2 rings (SSSR count). The van der Waals surface area contributed by atoms with Gasteiger partial charge >= 0.3 is 6.09 Å². The number of allylic oxidation sites excluding steroid dienone is 1. The Balaban J connectivity index is 2.41. The first-order valence-electron chi connectivity index (χ1n) is 8.28. The molecule has 138 valence electrons. The standard InChI is InChI=1S/C18H26N2O4S/c1-13-9-10-16(20(12-13)17(21)24-18(2,3)4)14-7-6-8-15(11-14)25(22,23)19-5/h6-8,10-11,13,19H,9,12H2,1-5H3. The first kappa shape index (κ1) is 19.5. The summed E-state index contributed by atoms with van der Waals surface area (Å²) in [5.74, 6) is 0.306. The van der Waals surface area contributed by atoms with Gasteiger partial charge in [0.1, 0.15) is 5.60 Å². The predicted octanol–water partition coefficient (Wildman–Crippen LogP) is 3.21. The average molecular weight is 366 g/mol. The summed E-state index contributed by atoms with van der Waals surface area (Å²) in [5.41, 5.74) is 0.759. The third kappa shape index (κ3) is 4.83. The van der Waals surface area contributed by atoms with E-state index in [0.29, 0.717) is 23.7 Å². The van der Waals surface area contributed by atoms with E-state index in [-0.39, 0.29) is 4.90 Å². The Morgan fingerprint density at radius 2 is 2.00 bits per heavy atom. The van der Waals surface area contributed by atoms with E-state index >= 15 is 0 Å². The van der Waals surface area contributed by atoms with Crippen LogP contribution >= 0.6 is 0 Å². The summed E-state index contributed by atoms with van der Waals surface area (Å²) in [6.45, 7) is 8.06. The smallest absolute Gasteiger partial charge is 0.414 e. The van der Waals surface area contributed by atoms with Gasteiger partial charge in [-0.3, -0.25) is 4.90 Å². The zero-order chi connectivity index (χ0) is 18.8. The van der Waals surface area contributed by atoms with Gasteiger partial charge in [0, 0.05) is 6.54 Å². The largest absolute Gasteiger partial charge is 0.443 e. The zero-order valence-corrected chi connectivity index (χ0v) is 16.2. The molecule has 0 aromatic heterocycles. The molecule has 25 heavy (non-hydrogen) atoms. The molecular weight excluding hydrogens is 340 g/mol. The number of benzene rings is 1. The fourth-order valence-electron chi connectivity index (χ4n) is 2.61. The second-order valence-corrected chi connectivity index (χ2v) is 9.14.